The van der Waals surface area contributed by atoms with Crippen LogP contribution in [0.4, 0.5) is 5.82 Å². The fraction of sp³-hybridized carbons (Fsp3) is 0.300. The number of carboxylic acid groups (broad SMARTS) is 1. The van der Waals surface area contributed by atoms with Crippen molar-refractivity contribution in [2.75, 3.05) is 18.5 Å². The van der Waals surface area contributed by atoms with Crippen LogP contribution in [0.5, 0.6) is 0 Å². The van der Waals surface area contributed by atoms with Crippen LogP contribution in [0.15, 0.2) is 12.3 Å². The molecule has 0 aliphatic heterocycles. The van der Waals surface area contributed by atoms with Gasteiger partial charge in [-0.1, -0.05) is 11.6 Å². The lowest BCUT2D eigenvalue weighted by Gasteiger charge is -2.18. The third-order valence-electron chi connectivity index (χ3n) is 2.13. The first kappa shape index (κ1) is 13.2. The second-order valence-electron chi connectivity index (χ2n) is 3.46. The topological polar surface area (TPSA) is 96.5 Å². The van der Waals surface area contributed by atoms with E-state index in [1.54, 1.807) is 11.9 Å². The minimum absolute atomic E-state index is 0.0217. The van der Waals surface area contributed by atoms with Crippen molar-refractivity contribution in [1.29, 1.82) is 0 Å². The lowest BCUT2D eigenvalue weighted by molar-refractivity contribution is -0.136. The fourth-order valence-electron chi connectivity index (χ4n) is 1.22. The lowest BCUT2D eigenvalue weighted by Crippen LogP contribution is -2.22. The van der Waals surface area contributed by atoms with Gasteiger partial charge in [0.1, 0.15) is 5.82 Å². The lowest BCUT2D eigenvalue weighted by atomic mass is 10.2. The zero-order valence-corrected chi connectivity index (χ0v) is 9.94. The SMILES string of the molecule is CN(CCC(=O)O)c1ncc(C(N)=O)cc1Cl. The summed E-state index contributed by atoms with van der Waals surface area (Å²) in [6.07, 6.45) is 1.28. The second kappa shape index (κ2) is 5.49. The van der Waals surface area contributed by atoms with Crippen molar-refractivity contribution in [1.82, 2.24) is 4.98 Å². The third-order valence-corrected chi connectivity index (χ3v) is 2.41. The van der Waals surface area contributed by atoms with Gasteiger partial charge < -0.3 is 15.7 Å². The summed E-state index contributed by atoms with van der Waals surface area (Å²) in [7, 11) is 1.67. The molecule has 92 valence electrons. The number of nitrogens with zero attached hydrogens (tertiary/aromatic N) is 2. The Morgan fingerprint density at radius 1 is 1.59 bits per heavy atom. The van der Waals surface area contributed by atoms with E-state index < -0.39 is 11.9 Å². The van der Waals surface area contributed by atoms with E-state index in [-0.39, 0.29) is 23.6 Å². The van der Waals surface area contributed by atoms with Crippen molar-refractivity contribution in [3.63, 3.8) is 0 Å². The van der Waals surface area contributed by atoms with E-state index in [1.165, 1.54) is 12.3 Å². The smallest absolute Gasteiger partial charge is 0.305 e. The Kier molecular flexibility index (Phi) is 4.28. The molecule has 3 N–H and O–H groups in total. The van der Waals surface area contributed by atoms with E-state index in [1.807, 2.05) is 0 Å². The molecular weight excluding hydrogens is 246 g/mol. The highest BCUT2D eigenvalue weighted by Gasteiger charge is 2.11. The highest BCUT2D eigenvalue weighted by Crippen LogP contribution is 2.23. The minimum Gasteiger partial charge on any atom is -0.481 e. The number of carboxylic acids is 1. The minimum atomic E-state index is -0.901. The number of anilines is 1. The van der Waals surface area contributed by atoms with Crippen molar-refractivity contribution in [3.8, 4) is 0 Å². The van der Waals surface area contributed by atoms with E-state index in [9.17, 15) is 9.59 Å². The van der Waals surface area contributed by atoms with Gasteiger partial charge in [0.05, 0.1) is 17.0 Å². The third kappa shape index (κ3) is 3.60. The highest BCUT2D eigenvalue weighted by atomic mass is 35.5. The number of nitrogens with two attached hydrogens (primary N) is 1. The van der Waals surface area contributed by atoms with Crippen molar-refractivity contribution in [3.05, 3.63) is 22.8 Å². The van der Waals surface area contributed by atoms with Crippen LogP contribution in [-0.2, 0) is 4.79 Å². The molecule has 0 saturated carbocycles. The van der Waals surface area contributed by atoms with Gasteiger partial charge in [-0.2, -0.15) is 0 Å². The summed E-state index contributed by atoms with van der Waals surface area (Å²) in [5.74, 6) is -1.10. The first-order chi connectivity index (χ1) is 7.91. The van der Waals surface area contributed by atoms with E-state index in [2.05, 4.69) is 4.98 Å². The number of rotatable bonds is 5. The number of aromatic nitrogens is 1. The molecule has 0 aliphatic carbocycles. The van der Waals surface area contributed by atoms with Gasteiger partial charge in [-0.15, -0.1) is 0 Å². The van der Waals surface area contributed by atoms with Crippen LogP contribution in [0.25, 0.3) is 0 Å². The Morgan fingerprint density at radius 3 is 2.71 bits per heavy atom. The maximum Gasteiger partial charge on any atom is 0.305 e. The maximum atomic E-state index is 10.9. The van der Waals surface area contributed by atoms with Crippen LogP contribution in [0.2, 0.25) is 5.02 Å². The van der Waals surface area contributed by atoms with E-state index in [0.29, 0.717) is 5.82 Å². The Labute approximate surface area is 103 Å². The largest absolute Gasteiger partial charge is 0.481 e. The number of hydrogen-bond acceptors (Lipinski definition) is 4. The standard InChI is InChI=1S/C10H12ClN3O3/c1-14(3-2-8(15)16)10-7(11)4-6(5-13-10)9(12)17/h4-5H,2-3H2,1H3,(H2,12,17)(H,15,16). The molecule has 0 aromatic carbocycles. The summed E-state index contributed by atoms with van der Waals surface area (Å²) < 4.78 is 0. The fourth-order valence-corrected chi connectivity index (χ4v) is 1.53. The summed E-state index contributed by atoms with van der Waals surface area (Å²) in [5, 5.41) is 8.81. The number of amides is 1. The Morgan fingerprint density at radius 2 is 2.24 bits per heavy atom. The van der Waals surface area contributed by atoms with Crippen LogP contribution in [0.3, 0.4) is 0 Å². The number of pyridine rings is 1. The summed E-state index contributed by atoms with van der Waals surface area (Å²) in [4.78, 5) is 26.9. The van der Waals surface area contributed by atoms with Gasteiger partial charge in [0.2, 0.25) is 5.91 Å². The van der Waals surface area contributed by atoms with E-state index >= 15 is 0 Å². The van der Waals surface area contributed by atoms with Gasteiger partial charge in [-0.25, -0.2) is 4.98 Å². The summed E-state index contributed by atoms with van der Waals surface area (Å²) in [6.45, 7) is 0.276. The second-order valence-corrected chi connectivity index (χ2v) is 3.87. The number of carbonyl (C=O) groups is 2. The molecule has 17 heavy (non-hydrogen) atoms. The van der Waals surface area contributed by atoms with Crippen LogP contribution in [0, 0.1) is 0 Å². The molecule has 0 saturated heterocycles. The van der Waals surface area contributed by atoms with Gasteiger partial charge in [-0.3, -0.25) is 9.59 Å². The van der Waals surface area contributed by atoms with E-state index in [4.69, 9.17) is 22.4 Å². The van der Waals surface area contributed by atoms with Crippen LogP contribution in [-0.4, -0.2) is 35.6 Å². The van der Waals surface area contributed by atoms with Crippen LogP contribution < -0.4 is 10.6 Å². The van der Waals surface area contributed by atoms with Crippen molar-refractivity contribution >= 4 is 29.3 Å². The molecule has 0 radical (unpaired) electrons. The quantitative estimate of drug-likeness (QED) is 0.811. The Hall–Kier alpha value is -1.82. The van der Waals surface area contributed by atoms with Gasteiger partial charge in [0, 0.05) is 19.8 Å². The Bertz CT molecular complexity index is 450. The molecule has 0 bridgehead atoms. The zero-order chi connectivity index (χ0) is 13.0. The number of aliphatic carboxylic acids is 1. The average Bonchev–Trinajstić information content (AvgIpc) is 2.25. The predicted octanol–water partition coefficient (Wildman–Crippen LogP) is 0.745. The molecule has 7 heteroatoms. The molecule has 1 aromatic heterocycles. The zero-order valence-electron chi connectivity index (χ0n) is 9.18. The van der Waals surface area contributed by atoms with Crippen molar-refractivity contribution in [2.45, 2.75) is 6.42 Å². The molecule has 1 rings (SSSR count). The number of carbonyl (C=O) groups excluding carboxylic acids is 1. The molecule has 1 amide bonds. The average molecular weight is 258 g/mol. The highest BCUT2D eigenvalue weighted by molar-refractivity contribution is 6.33. The molecule has 6 nitrogen and oxygen atoms in total. The molecule has 0 unspecified atom stereocenters. The molecule has 1 aromatic rings. The monoisotopic (exact) mass is 257 g/mol. The van der Waals surface area contributed by atoms with Gasteiger partial charge in [-0.05, 0) is 6.07 Å². The summed E-state index contributed by atoms with van der Waals surface area (Å²) in [5.41, 5.74) is 5.29. The van der Waals surface area contributed by atoms with Crippen molar-refractivity contribution in [2.24, 2.45) is 5.73 Å². The number of halogens is 1. The molecule has 0 fully saturated rings. The van der Waals surface area contributed by atoms with Crippen molar-refractivity contribution < 1.29 is 14.7 Å². The molecule has 1 heterocycles. The maximum absolute atomic E-state index is 10.9. The van der Waals surface area contributed by atoms with Crippen LogP contribution >= 0.6 is 11.6 Å². The first-order valence-electron chi connectivity index (χ1n) is 4.80. The summed E-state index contributed by atoms with van der Waals surface area (Å²) >= 11 is 5.92. The number of primary amides is 1. The Balaban J connectivity index is 2.84. The molecule has 0 aliphatic rings. The summed E-state index contributed by atoms with van der Waals surface area (Å²) in [6, 6.07) is 1.41. The van der Waals surface area contributed by atoms with E-state index in [0.717, 1.165) is 0 Å². The van der Waals surface area contributed by atoms with Gasteiger partial charge in [0.15, 0.2) is 0 Å². The number of hydrogen-bond donors (Lipinski definition) is 2. The molecular formula is C10H12ClN3O3. The van der Waals surface area contributed by atoms with Gasteiger partial charge in [0.25, 0.3) is 0 Å². The molecule has 0 atom stereocenters. The van der Waals surface area contributed by atoms with Crippen LogP contribution in [0.1, 0.15) is 16.8 Å². The predicted molar refractivity (Wildman–Crippen MR) is 63.3 cm³/mol. The molecule has 0 spiro atoms. The van der Waals surface area contributed by atoms with Gasteiger partial charge >= 0.3 is 5.97 Å². The normalized spacial score (nSPS) is 10.0. The first-order valence-corrected chi connectivity index (χ1v) is 5.18.